The van der Waals surface area contributed by atoms with Gasteiger partial charge in [0.15, 0.2) is 5.69 Å². The number of nitrogens with two attached hydrogens (primary N) is 1. The highest BCUT2D eigenvalue weighted by atomic mass is 19.4. The van der Waals surface area contributed by atoms with Crippen LogP contribution in [-0.2, 0) is 12.6 Å². The Balaban J connectivity index is 3.54. The minimum atomic E-state index is -5.01. The van der Waals surface area contributed by atoms with Crippen molar-refractivity contribution in [3.05, 3.63) is 23.0 Å². The summed E-state index contributed by atoms with van der Waals surface area (Å²) in [6.45, 7) is 0. The summed E-state index contributed by atoms with van der Waals surface area (Å²) in [4.78, 5) is 2.87. The van der Waals surface area contributed by atoms with Gasteiger partial charge in [0.1, 0.15) is 0 Å². The van der Waals surface area contributed by atoms with Crippen molar-refractivity contribution >= 4 is 5.69 Å². The van der Waals surface area contributed by atoms with E-state index in [4.69, 9.17) is 11.0 Å². The van der Waals surface area contributed by atoms with Crippen LogP contribution in [-0.4, -0.2) is 4.98 Å². The molecule has 0 aliphatic carbocycles. The van der Waals surface area contributed by atoms with Gasteiger partial charge in [-0.05, 0) is 0 Å². The summed E-state index contributed by atoms with van der Waals surface area (Å²) in [7, 11) is 0. The van der Waals surface area contributed by atoms with Crippen molar-refractivity contribution in [3.8, 4) is 6.07 Å². The van der Waals surface area contributed by atoms with Gasteiger partial charge in [-0.15, -0.1) is 0 Å². The molecule has 0 fully saturated rings. The van der Waals surface area contributed by atoms with Gasteiger partial charge in [-0.25, -0.2) is 13.8 Å². The number of nitriles is 1. The van der Waals surface area contributed by atoms with Gasteiger partial charge in [0.05, 0.1) is 29.9 Å². The van der Waals surface area contributed by atoms with Gasteiger partial charge in [-0.3, -0.25) is 0 Å². The molecule has 0 atom stereocenters. The minimum Gasteiger partial charge on any atom is -0.397 e. The lowest BCUT2D eigenvalue weighted by Gasteiger charge is -2.15. The third-order valence-electron chi connectivity index (χ3n) is 2.00. The summed E-state index contributed by atoms with van der Waals surface area (Å²) in [5.41, 5.74) is 1.35. The van der Waals surface area contributed by atoms with E-state index in [0.717, 1.165) is 0 Å². The van der Waals surface area contributed by atoms with E-state index in [9.17, 15) is 22.0 Å². The molecule has 0 aromatic carbocycles. The summed E-state index contributed by atoms with van der Waals surface area (Å²) >= 11 is 0. The third-order valence-corrected chi connectivity index (χ3v) is 2.00. The zero-order valence-electron chi connectivity index (χ0n) is 8.22. The molecule has 0 bridgehead atoms. The van der Waals surface area contributed by atoms with Crippen LogP contribution >= 0.6 is 0 Å². The molecule has 0 amide bonds. The summed E-state index contributed by atoms with van der Waals surface area (Å²) in [6, 6.07) is 1.49. The number of nitrogens with zero attached hydrogens (tertiary/aromatic N) is 2. The molecular formula is C9H6F5N3. The summed E-state index contributed by atoms with van der Waals surface area (Å²) in [5.74, 6) is 0. The number of aromatic nitrogens is 1. The van der Waals surface area contributed by atoms with Crippen LogP contribution in [0.25, 0.3) is 0 Å². The zero-order chi connectivity index (χ0) is 13.2. The second-order valence-corrected chi connectivity index (χ2v) is 3.09. The molecular weight excluding hydrogens is 245 g/mol. The van der Waals surface area contributed by atoms with Crippen LogP contribution in [0.4, 0.5) is 27.6 Å². The standard InChI is InChI=1S/C9H6F5N3/c10-8(11)6-4(1-2-15)5(16)3-17-7(6)9(12,13)14/h3,8H,1,16H2. The van der Waals surface area contributed by atoms with Gasteiger partial charge >= 0.3 is 6.18 Å². The second-order valence-electron chi connectivity index (χ2n) is 3.09. The molecule has 92 valence electrons. The monoisotopic (exact) mass is 251 g/mol. The van der Waals surface area contributed by atoms with Crippen molar-refractivity contribution in [3.63, 3.8) is 0 Å². The summed E-state index contributed by atoms with van der Waals surface area (Å²) in [6.07, 6.45) is -8.41. The lowest BCUT2D eigenvalue weighted by molar-refractivity contribution is -0.143. The predicted molar refractivity (Wildman–Crippen MR) is 47.9 cm³/mol. The maximum atomic E-state index is 12.6. The molecule has 1 aromatic rings. The first-order chi connectivity index (χ1) is 7.79. The molecule has 1 rings (SSSR count). The molecule has 0 saturated carbocycles. The summed E-state index contributed by atoms with van der Waals surface area (Å²) in [5, 5.41) is 8.39. The smallest absolute Gasteiger partial charge is 0.397 e. The van der Waals surface area contributed by atoms with E-state index in [0.29, 0.717) is 6.20 Å². The number of rotatable bonds is 2. The van der Waals surface area contributed by atoms with E-state index in [2.05, 4.69) is 4.98 Å². The average molecular weight is 251 g/mol. The Bertz CT molecular complexity index is 461. The average Bonchev–Trinajstić information content (AvgIpc) is 2.18. The highest BCUT2D eigenvalue weighted by Gasteiger charge is 2.39. The zero-order valence-corrected chi connectivity index (χ0v) is 8.22. The Hall–Kier alpha value is -1.91. The molecule has 17 heavy (non-hydrogen) atoms. The van der Waals surface area contributed by atoms with Crippen LogP contribution in [0.3, 0.4) is 0 Å². The number of hydrogen-bond acceptors (Lipinski definition) is 3. The minimum absolute atomic E-state index is 0.352. The van der Waals surface area contributed by atoms with Gasteiger partial charge in [0.2, 0.25) is 0 Å². The highest BCUT2D eigenvalue weighted by molar-refractivity contribution is 5.53. The predicted octanol–water partition coefficient (Wildman–Crippen LogP) is 2.69. The Morgan fingerprint density at radius 3 is 2.41 bits per heavy atom. The summed E-state index contributed by atoms with van der Waals surface area (Å²) < 4.78 is 62.6. The molecule has 0 radical (unpaired) electrons. The normalized spacial score (nSPS) is 11.6. The SMILES string of the molecule is N#CCc1c(N)cnc(C(F)(F)F)c1C(F)F. The Kier molecular flexibility index (Phi) is 3.50. The molecule has 2 N–H and O–H groups in total. The highest BCUT2D eigenvalue weighted by Crippen LogP contribution is 2.38. The lowest BCUT2D eigenvalue weighted by Crippen LogP contribution is -2.16. The van der Waals surface area contributed by atoms with Gasteiger partial charge < -0.3 is 5.73 Å². The Labute approximate surface area is 92.7 Å². The van der Waals surface area contributed by atoms with Crippen molar-refractivity contribution in [2.75, 3.05) is 5.73 Å². The Morgan fingerprint density at radius 2 is 2.00 bits per heavy atom. The fourth-order valence-corrected chi connectivity index (χ4v) is 1.32. The van der Waals surface area contributed by atoms with Crippen LogP contribution < -0.4 is 5.73 Å². The molecule has 1 aromatic heterocycles. The van der Waals surface area contributed by atoms with E-state index in [1.165, 1.54) is 6.07 Å². The van der Waals surface area contributed by atoms with Crippen molar-refractivity contribution in [2.45, 2.75) is 19.0 Å². The molecule has 8 heteroatoms. The lowest BCUT2D eigenvalue weighted by atomic mass is 10.0. The first-order valence-corrected chi connectivity index (χ1v) is 4.28. The van der Waals surface area contributed by atoms with Gasteiger partial charge in [-0.1, -0.05) is 0 Å². The van der Waals surface area contributed by atoms with E-state index in [1.807, 2.05) is 0 Å². The number of anilines is 1. The largest absolute Gasteiger partial charge is 0.433 e. The number of nitrogen functional groups attached to an aromatic ring is 1. The van der Waals surface area contributed by atoms with Gasteiger partial charge in [0.25, 0.3) is 6.43 Å². The van der Waals surface area contributed by atoms with E-state index < -0.39 is 35.8 Å². The first kappa shape index (κ1) is 13.2. The van der Waals surface area contributed by atoms with Crippen molar-refractivity contribution in [2.24, 2.45) is 0 Å². The molecule has 3 nitrogen and oxygen atoms in total. The maximum Gasteiger partial charge on any atom is 0.433 e. The molecule has 0 spiro atoms. The number of pyridine rings is 1. The fraction of sp³-hybridized carbons (Fsp3) is 0.333. The molecule has 0 saturated heterocycles. The van der Waals surface area contributed by atoms with Crippen LogP contribution in [0.5, 0.6) is 0 Å². The molecule has 1 heterocycles. The molecule has 0 unspecified atom stereocenters. The van der Waals surface area contributed by atoms with Gasteiger partial charge in [0, 0.05) is 5.56 Å². The molecule has 0 aliphatic rings. The topological polar surface area (TPSA) is 62.7 Å². The second kappa shape index (κ2) is 4.53. The fourth-order valence-electron chi connectivity index (χ4n) is 1.32. The van der Waals surface area contributed by atoms with Crippen LogP contribution in [0.1, 0.15) is 23.2 Å². The maximum absolute atomic E-state index is 12.6. The van der Waals surface area contributed by atoms with Crippen LogP contribution in [0.2, 0.25) is 0 Å². The van der Waals surface area contributed by atoms with Crippen molar-refractivity contribution < 1.29 is 22.0 Å². The quantitative estimate of drug-likeness (QED) is 0.822. The Morgan fingerprint density at radius 1 is 1.41 bits per heavy atom. The van der Waals surface area contributed by atoms with Crippen LogP contribution in [0, 0.1) is 11.3 Å². The van der Waals surface area contributed by atoms with Crippen molar-refractivity contribution in [1.82, 2.24) is 4.98 Å². The van der Waals surface area contributed by atoms with Crippen LogP contribution in [0.15, 0.2) is 6.20 Å². The van der Waals surface area contributed by atoms with Gasteiger partial charge in [-0.2, -0.15) is 18.4 Å². The van der Waals surface area contributed by atoms with E-state index >= 15 is 0 Å². The first-order valence-electron chi connectivity index (χ1n) is 4.28. The number of hydrogen-bond donors (Lipinski definition) is 1. The third kappa shape index (κ3) is 2.61. The molecule has 0 aliphatic heterocycles. The van der Waals surface area contributed by atoms with E-state index in [-0.39, 0.29) is 5.69 Å². The number of halogens is 5. The van der Waals surface area contributed by atoms with Crippen molar-refractivity contribution in [1.29, 1.82) is 5.26 Å². The van der Waals surface area contributed by atoms with E-state index in [1.54, 1.807) is 0 Å². The number of alkyl halides is 5.